The molecule has 0 atom stereocenters. The van der Waals surface area contributed by atoms with E-state index in [1.54, 1.807) is 12.4 Å². The summed E-state index contributed by atoms with van der Waals surface area (Å²) < 4.78 is 5.71. The number of aromatic nitrogens is 3. The Morgan fingerprint density at radius 3 is 2.59 bits per heavy atom. The van der Waals surface area contributed by atoms with E-state index in [2.05, 4.69) is 37.0 Å². The van der Waals surface area contributed by atoms with Crippen molar-refractivity contribution < 1.29 is 4.74 Å². The summed E-state index contributed by atoms with van der Waals surface area (Å²) in [6, 6.07) is 5.84. The van der Waals surface area contributed by atoms with E-state index < -0.39 is 0 Å². The Balaban J connectivity index is 1.31. The van der Waals surface area contributed by atoms with Crippen molar-refractivity contribution in [1.82, 2.24) is 25.2 Å². The molecular weight excluding hydrogens is 366 g/mol. The van der Waals surface area contributed by atoms with Gasteiger partial charge in [0, 0.05) is 57.4 Å². The summed E-state index contributed by atoms with van der Waals surface area (Å²) in [7, 11) is 0. The van der Waals surface area contributed by atoms with Crippen LogP contribution in [-0.2, 0) is 6.54 Å². The average molecular weight is 396 g/mol. The van der Waals surface area contributed by atoms with Gasteiger partial charge in [-0.15, -0.1) is 0 Å². The van der Waals surface area contributed by atoms with E-state index in [4.69, 9.17) is 9.73 Å². The van der Waals surface area contributed by atoms with E-state index in [0.29, 0.717) is 12.4 Å². The van der Waals surface area contributed by atoms with Gasteiger partial charge in [-0.25, -0.2) is 19.9 Å². The fourth-order valence-electron chi connectivity index (χ4n) is 3.24. The second-order valence-electron chi connectivity index (χ2n) is 7.45. The molecule has 2 fully saturated rings. The number of ether oxygens (including phenoxy) is 1. The third-order valence-corrected chi connectivity index (χ3v) is 5.12. The topological polar surface area (TPSA) is 78.8 Å². The Morgan fingerprint density at radius 2 is 1.93 bits per heavy atom. The maximum absolute atomic E-state index is 5.71. The molecule has 29 heavy (non-hydrogen) atoms. The van der Waals surface area contributed by atoms with Crippen LogP contribution < -0.4 is 15.0 Å². The second-order valence-corrected chi connectivity index (χ2v) is 7.45. The normalized spacial score (nSPS) is 17.3. The number of nitrogens with zero attached hydrogens (tertiary/aromatic N) is 6. The molecule has 1 saturated heterocycles. The molecule has 0 aromatic carbocycles. The summed E-state index contributed by atoms with van der Waals surface area (Å²) in [6.45, 7) is 7.85. The molecule has 4 rings (SSSR count). The van der Waals surface area contributed by atoms with E-state index in [9.17, 15) is 0 Å². The Morgan fingerprint density at radius 1 is 1.14 bits per heavy atom. The van der Waals surface area contributed by atoms with Gasteiger partial charge in [0.2, 0.25) is 11.8 Å². The van der Waals surface area contributed by atoms with E-state index in [0.717, 1.165) is 62.7 Å². The largest absolute Gasteiger partial charge is 0.477 e. The summed E-state index contributed by atoms with van der Waals surface area (Å²) in [5.74, 6) is 3.17. The zero-order valence-electron chi connectivity index (χ0n) is 17.0. The van der Waals surface area contributed by atoms with Gasteiger partial charge in [-0.1, -0.05) is 6.07 Å². The van der Waals surface area contributed by atoms with Crippen molar-refractivity contribution in [2.45, 2.75) is 26.3 Å². The minimum absolute atomic E-state index is 0.597. The van der Waals surface area contributed by atoms with E-state index in [-0.39, 0.29) is 0 Å². The molecule has 0 bridgehead atoms. The molecule has 2 aromatic rings. The summed E-state index contributed by atoms with van der Waals surface area (Å²) in [6.07, 6.45) is 8.01. The molecule has 0 radical (unpaired) electrons. The van der Waals surface area contributed by atoms with Gasteiger partial charge in [-0.3, -0.25) is 0 Å². The van der Waals surface area contributed by atoms with Crippen molar-refractivity contribution >= 4 is 11.9 Å². The van der Waals surface area contributed by atoms with Gasteiger partial charge in [0.25, 0.3) is 0 Å². The Hall–Kier alpha value is -2.90. The highest BCUT2D eigenvalue weighted by Gasteiger charge is 2.22. The summed E-state index contributed by atoms with van der Waals surface area (Å²) in [5.41, 5.74) is 1.08. The zero-order valence-corrected chi connectivity index (χ0v) is 17.0. The van der Waals surface area contributed by atoms with Crippen LogP contribution in [0.25, 0.3) is 0 Å². The summed E-state index contributed by atoms with van der Waals surface area (Å²) in [4.78, 5) is 22.4. The quantitative estimate of drug-likeness (QED) is 0.567. The predicted octanol–water partition coefficient (Wildman–Crippen LogP) is 1.95. The monoisotopic (exact) mass is 395 g/mol. The van der Waals surface area contributed by atoms with Crippen LogP contribution in [0.5, 0.6) is 5.88 Å². The van der Waals surface area contributed by atoms with E-state index in [1.165, 1.54) is 12.8 Å². The lowest BCUT2D eigenvalue weighted by Crippen LogP contribution is -2.52. The SMILES string of the molecule is CCNC(=NCc1ccc(OCC2CC2)nc1)N1CCN(c2ncccn2)CC1. The van der Waals surface area contributed by atoms with Crippen molar-refractivity contribution in [2.24, 2.45) is 10.9 Å². The molecule has 154 valence electrons. The van der Waals surface area contributed by atoms with Crippen LogP contribution in [-0.4, -0.2) is 65.1 Å². The van der Waals surface area contributed by atoms with Gasteiger partial charge >= 0.3 is 0 Å². The van der Waals surface area contributed by atoms with Crippen molar-refractivity contribution in [2.75, 3.05) is 44.2 Å². The number of piperazine rings is 1. The number of guanidine groups is 1. The fraction of sp³-hybridized carbons (Fsp3) is 0.524. The number of hydrogen-bond acceptors (Lipinski definition) is 6. The van der Waals surface area contributed by atoms with Gasteiger partial charge in [0.05, 0.1) is 13.2 Å². The van der Waals surface area contributed by atoms with E-state index >= 15 is 0 Å². The highest BCUT2D eigenvalue weighted by molar-refractivity contribution is 5.80. The molecule has 1 N–H and O–H groups in total. The van der Waals surface area contributed by atoms with Crippen LogP contribution in [0.15, 0.2) is 41.8 Å². The lowest BCUT2D eigenvalue weighted by atomic mass is 10.3. The highest BCUT2D eigenvalue weighted by atomic mass is 16.5. The molecule has 1 saturated carbocycles. The fourth-order valence-corrected chi connectivity index (χ4v) is 3.24. The van der Waals surface area contributed by atoms with Crippen LogP contribution in [0.4, 0.5) is 5.95 Å². The standard InChI is InChI=1S/C21H29N7O/c1-2-22-20(27-10-12-28(13-11-27)21-23-8-3-9-24-21)26-15-18-6-7-19(25-14-18)29-16-17-4-5-17/h3,6-9,14,17H,2,4-5,10-13,15-16H2,1H3,(H,22,26). The van der Waals surface area contributed by atoms with Crippen molar-refractivity contribution in [1.29, 1.82) is 0 Å². The minimum atomic E-state index is 0.597. The summed E-state index contributed by atoms with van der Waals surface area (Å²) >= 11 is 0. The molecule has 0 unspecified atom stereocenters. The zero-order chi connectivity index (χ0) is 19.9. The van der Waals surface area contributed by atoms with Crippen molar-refractivity contribution in [3.63, 3.8) is 0 Å². The first kappa shape index (κ1) is 19.4. The number of anilines is 1. The Labute approximate surface area is 172 Å². The Kier molecular flexibility index (Phi) is 6.38. The molecule has 0 amide bonds. The summed E-state index contributed by atoms with van der Waals surface area (Å²) in [5, 5.41) is 3.41. The number of aliphatic imine (C=N–C) groups is 1. The molecular formula is C21H29N7O. The first-order valence-corrected chi connectivity index (χ1v) is 10.4. The Bertz CT molecular complexity index is 784. The van der Waals surface area contributed by atoms with Crippen molar-refractivity contribution in [3.05, 3.63) is 42.4 Å². The first-order chi connectivity index (χ1) is 14.3. The van der Waals surface area contributed by atoms with Crippen LogP contribution in [0.3, 0.4) is 0 Å². The number of nitrogens with one attached hydrogen (secondary N) is 1. The van der Waals surface area contributed by atoms with Gasteiger partial charge in [0.1, 0.15) is 0 Å². The van der Waals surface area contributed by atoms with Crippen LogP contribution >= 0.6 is 0 Å². The van der Waals surface area contributed by atoms with Crippen LogP contribution in [0, 0.1) is 5.92 Å². The van der Waals surface area contributed by atoms with Crippen LogP contribution in [0.1, 0.15) is 25.3 Å². The molecule has 3 heterocycles. The first-order valence-electron chi connectivity index (χ1n) is 10.4. The molecule has 8 heteroatoms. The average Bonchev–Trinajstić information content (AvgIpc) is 3.61. The maximum Gasteiger partial charge on any atom is 0.225 e. The minimum Gasteiger partial charge on any atom is -0.477 e. The molecule has 2 aliphatic rings. The van der Waals surface area contributed by atoms with Gasteiger partial charge in [0.15, 0.2) is 5.96 Å². The molecule has 2 aromatic heterocycles. The van der Waals surface area contributed by atoms with Gasteiger partial charge in [-0.05, 0) is 37.3 Å². The van der Waals surface area contributed by atoms with Crippen LogP contribution in [0.2, 0.25) is 0 Å². The smallest absolute Gasteiger partial charge is 0.225 e. The maximum atomic E-state index is 5.71. The third-order valence-electron chi connectivity index (χ3n) is 5.12. The van der Waals surface area contributed by atoms with Gasteiger partial charge < -0.3 is 19.9 Å². The molecule has 0 spiro atoms. The lowest BCUT2D eigenvalue weighted by molar-refractivity contribution is 0.288. The predicted molar refractivity (Wildman–Crippen MR) is 113 cm³/mol. The van der Waals surface area contributed by atoms with E-state index in [1.807, 2.05) is 24.4 Å². The lowest BCUT2D eigenvalue weighted by Gasteiger charge is -2.36. The highest BCUT2D eigenvalue weighted by Crippen LogP contribution is 2.29. The third kappa shape index (κ3) is 5.56. The second kappa shape index (κ2) is 9.54. The molecule has 8 nitrogen and oxygen atoms in total. The number of hydrogen-bond donors (Lipinski definition) is 1. The van der Waals surface area contributed by atoms with Gasteiger partial charge in [-0.2, -0.15) is 0 Å². The molecule has 1 aliphatic heterocycles. The molecule has 1 aliphatic carbocycles. The van der Waals surface area contributed by atoms with Crippen molar-refractivity contribution in [3.8, 4) is 5.88 Å². The number of pyridine rings is 1. The number of rotatable bonds is 7.